The van der Waals surface area contributed by atoms with Gasteiger partial charge >= 0.3 is 0 Å². The van der Waals surface area contributed by atoms with Gasteiger partial charge in [-0.2, -0.15) is 0 Å². The highest BCUT2D eigenvalue weighted by molar-refractivity contribution is 7.98. The van der Waals surface area contributed by atoms with Crippen LogP contribution in [0, 0.1) is 6.92 Å². The van der Waals surface area contributed by atoms with Crippen molar-refractivity contribution in [3.8, 4) is 22.0 Å². The second-order valence-electron chi connectivity index (χ2n) is 5.68. The van der Waals surface area contributed by atoms with Gasteiger partial charge in [-0.3, -0.25) is 0 Å². The fraction of sp³-hybridized carbons (Fsp3) is 0.105. The summed E-state index contributed by atoms with van der Waals surface area (Å²) < 4.78 is 5.74. The lowest BCUT2D eigenvalue weighted by Gasteiger charge is -1.96. The molecule has 4 aromatic rings. The number of hydrogen-bond donors (Lipinski definition) is 0. The van der Waals surface area contributed by atoms with Crippen LogP contribution in [0.5, 0.6) is 0 Å². The minimum absolute atomic E-state index is 0.535. The van der Waals surface area contributed by atoms with E-state index in [4.69, 9.17) is 16.0 Å². The maximum Gasteiger partial charge on any atom is 0.277 e. The van der Waals surface area contributed by atoms with Gasteiger partial charge in [-0.05, 0) is 31.2 Å². The summed E-state index contributed by atoms with van der Waals surface area (Å²) in [5.41, 5.74) is 4.17. The summed E-state index contributed by atoms with van der Waals surface area (Å²) in [4.78, 5) is 4.66. The quantitative estimate of drug-likeness (QED) is 0.378. The molecule has 0 amide bonds. The van der Waals surface area contributed by atoms with E-state index in [0.29, 0.717) is 16.9 Å². The molecule has 4 nitrogen and oxygen atoms in total. The summed E-state index contributed by atoms with van der Waals surface area (Å²) >= 11 is 9.03. The van der Waals surface area contributed by atoms with Crippen LogP contribution in [-0.4, -0.2) is 15.2 Å². The Morgan fingerprint density at radius 2 is 1.73 bits per heavy atom. The Hall–Kier alpha value is -2.15. The molecule has 2 heterocycles. The number of halogens is 1. The highest BCUT2D eigenvalue weighted by Crippen LogP contribution is 2.29. The zero-order valence-corrected chi connectivity index (χ0v) is 16.2. The molecule has 0 bridgehead atoms. The Bertz CT molecular complexity index is 926. The van der Waals surface area contributed by atoms with Crippen LogP contribution in [0.1, 0.15) is 11.3 Å². The molecule has 2 aromatic heterocycles. The van der Waals surface area contributed by atoms with Gasteiger partial charge in [0.15, 0.2) is 0 Å². The van der Waals surface area contributed by atoms with E-state index in [-0.39, 0.29) is 0 Å². The van der Waals surface area contributed by atoms with Gasteiger partial charge < -0.3 is 4.42 Å². The first kappa shape index (κ1) is 17.3. The maximum atomic E-state index is 5.93. The maximum absolute atomic E-state index is 5.93. The summed E-state index contributed by atoms with van der Waals surface area (Å²) in [6.07, 6.45) is 0. The molecule has 0 aliphatic rings. The van der Waals surface area contributed by atoms with Crippen LogP contribution in [0.2, 0.25) is 5.02 Å². The number of rotatable bonds is 5. The Labute approximate surface area is 164 Å². The SMILES string of the molecule is Cc1ccc(-c2nnc(SCc3csc(-c4ccc(Cl)cc4)n3)o2)cc1. The van der Waals surface area contributed by atoms with Crippen molar-refractivity contribution in [1.29, 1.82) is 0 Å². The third kappa shape index (κ3) is 3.98. The molecule has 2 aromatic carbocycles. The number of thioether (sulfide) groups is 1. The minimum atomic E-state index is 0.535. The average molecular weight is 400 g/mol. The van der Waals surface area contributed by atoms with Gasteiger partial charge in [-0.25, -0.2) is 4.98 Å². The zero-order valence-electron chi connectivity index (χ0n) is 13.8. The highest BCUT2D eigenvalue weighted by atomic mass is 35.5. The number of thiazole rings is 1. The van der Waals surface area contributed by atoms with Crippen LogP contribution in [0.25, 0.3) is 22.0 Å². The monoisotopic (exact) mass is 399 g/mol. The summed E-state index contributed by atoms with van der Waals surface area (Å²) in [7, 11) is 0. The van der Waals surface area contributed by atoms with Crippen molar-refractivity contribution in [3.63, 3.8) is 0 Å². The van der Waals surface area contributed by atoms with Crippen molar-refractivity contribution in [1.82, 2.24) is 15.2 Å². The van der Waals surface area contributed by atoms with E-state index in [9.17, 15) is 0 Å². The van der Waals surface area contributed by atoms with Gasteiger partial charge in [0.25, 0.3) is 5.22 Å². The largest absolute Gasteiger partial charge is 0.411 e. The van der Waals surface area contributed by atoms with Gasteiger partial charge in [-0.1, -0.05) is 53.2 Å². The molecule has 0 saturated carbocycles. The third-order valence-electron chi connectivity index (χ3n) is 3.69. The van der Waals surface area contributed by atoms with Gasteiger partial charge in [0.2, 0.25) is 5.89 Å². The smallest absolute Gasteiger partial charge is 0.277 e. The van der Waals surface area contributed by atoms with E-state index in [1.54, 1.807) is 11.3 Å². The van der Waals surface area contributed by atoms with Crippen molar-refractivity contribution >= 4 is 34.7 Å². The van der Waals surface area contributed by atoms with Crippen molar-refractivity contribution in [3.05, 3.63) is 70.2 Å². The number of nitrogens with zero attached hydrogens (tertiary/aromatic N) is 3. The topological polar surface area (TPSA) is 51.8 Å². The summed E-state index contributed by atoms with van der Waals surface area (Å²) in [6.45, 7) is 2.05. The van der Waals surface area contributed by atoms with E-state index >= 15 is 0 Å². The first-order valence-electron chi connectivity index (χ1n) is 7.91. The second-order valence-corrected chi connectivity index (χ2v) is 7.90. The van der Waals surface area contributed by atoms with Gasteiger partial charge in [-0.15, -0.1) is 21.5 Å². The molecule has 0 saturated heterocycles. The molecule has 7 heteroatoms. The molecule has 0 radical (unpaired) electrons. The molecule has 26 heavy (non-hydrogen) atoms. The van der Waals surface area contributed by atoms with Crippen LogP contribution >= 0.6 is 34.7 Å². The fourth-order valence-electron chi connectivity index (χ4n) is 2.31. The number of aryl methyl sites for hydroxylation is 1. The van der Waals surface area contributed by atoms with Crippen LogP contribution in [0.3, 0.4) is 0 Å². The Morgan fingerprint density at radius 1 is 1.00 bits per heavy atom. The molecule has 130 valence electrons. The van der Waals surface area contributed by atoms with Gasteiger partial charge in [0.05, 0.1) is 5.69 Å². The normalized spacial score (nSPS) is 11.0. The summed E-state index contributed by atoms with van der Waals surface area (Å²) in [5.74, 6) is 1.22. The molecule has 0 atom stereocenters. The average Bonchev–Trinajstić information content (AvgIpc) is 3.31. The molecular weight excluding hydrogens is 386 g/mol. The van der Waals surface area contributed by atoms with Crippen LogP contribution in [0.4, 0.5) is 0 Å². The van der Waals surface area contributed by atoms with E-state index in [0.717, 1.165) is 26.9 Å². The standard InChI is InChI=1S/C19H14ClN3OS2/c1-12-2-4-13(5-3-12)17-22-23-19(24-17)26-11-16-10-25-18(21-16)14-6-8-15(20)9-7-14/h2-10H,11H2,1H3. The first-order valence-corrected chi connectivity index (χ1v) is 10.2. The fourth-order valence-corrected chi connectivity index (χ4v) is 4.03. The molecule has 0 N–H and O–H groups in total. The predicted octanol–water partition coefficient (Wildman–Crippen LogP) is 6.11. The van der Waals surface area contributed by atoms with Gasteiger partial charge in [0, 0.05) is 27.3 Å². The van der Waals surface area contributed by atoms with Crippen molar-refractivity contribution in [2.75, 3.05) is 0 Å². The molecule has 0 unspecified atom stereocenters. The Morgan fingerprint density at radius 3 is 2.50 bits per heavy atom. The lowest BCUT2D eigenvalue weighted by molar-refractivity contribution is 0.466. The van der Waals surface area contributed by atoms with Crippen LogP contribution in [-0.2, 0) is 5.75 Å². The van der Waals surface area contributed by atoms with E-state index in [1.165, 1.54) is 17.3 Å². The number of aromatic nitrogens is 3. The molecule has 0 spiro atoms. The second kappa shape index (κ2) is 7.61. The van der Waals surface area contributed by atoms with Crippen molar-refractivity contribution in [2.45, 2.75) is 17.9 Å². The van der Waals surface area contributed by atoms with Crippen molar-refractivity contribution in [2.24, 2.45) is 0 Å². The minimum Gasteiger partial charge on any atom is -0.411 e. The van der Waals surface area contributed by atoms with E-state index in [2.05, 4.69) is 15.2 Å². The van der Waals surface area contributed by atoms with Crippen molar-refractivity contribution < 1.29 is 4.42 Å². The first-order chi connectivity index (χ1) is 12.7. The zero-order chi connectivity index (χ0) is 17.9. The Balaban J connectivity index is 1.42. The van der Waals surface area contributed by atoms with Gasteiger partial charge in [0.1, 0.15) is 5.01 Å². The number of hydrogen-bond acceptors (Lipinski definition) is 6. The molecule has 0 aliphatic heterocycles. The van der Waals surface area contributed by atoms with Crippen LogP contribution < -0.4 is 0 Å². The highest BCUT2D eigenvalue weighted by Gasteiger charge is 2.11. The molecular formula is C19H14ClN3OS2. The third-order valence-corrected chi connectivity index (χ3v) is 5.74. The van der Waals surface area contributed by atoms with E-state index < -0.39 is 0 Å². The molecule has 0 fully saturated rings. The molecule has 4 rings (SSSR count). The Kier molecular flexibility index (Phi) is 5.06. The lowest BCUT2D eigenvalue weighted by Crippen LogP contribution is -1.82. The van der Waals surface area contributed by atoms with Crippen LogP contribution in [0.15, 0.2) is 63.6 Å². The van der Waals surface area contributed by atoms with E-state index in [1.807, 2.05) is 60.8 Å². The number of benzene rings is 2. The summed E-state index contributed by atoms with van der Waals surface area (Å²) in [6, 6.07) is 15.7. The summed E-state index contributed by atoms with van der Waals surface area (Å²) in [5, 5.41) is 12.5. The molecule has 0 aliphatic carbocycles. The lowest BCUT2D eigenvalue weighted by atomic mass is 10.1. The predicted molar refractivity (Wildman–Crippen MR) is 107 cm³/mol.